The van der Waals surface area contributed by atoms with E-state index in [9.17, 15) is 22.8 Å². The molecule has 1 heterocycles. The standard InChI is InChI=1S/C18H20F3N3O4/c1-2-3-9-28-10-8-22-16(25)12-4-6-13(7-5-12)24-15(18(19,20)21)14(11-23-24)17(26)27/h4-7,11H,2-3,8-10H2,1H3,(H,22,25)(H,26,27). The monoisotopic (exact) mass is 399 g/mol. The summed E-state index contributed by atoms with van der Waals surface area (Å²) >= 11 is 0. The van der Waals surface area contributed by atoms with Crippen LogP contribution in [0.1, 0.15) is 46.2 Å². The molecular formula is C18H20F3N3O4. The summed E-state index contributed by atoms with van der Waals surface area (Å²) in [6.45, 7) is 3.33. The summed E-state index contributed by atoms with van der Waals surface area (Å²) in [5, 5.41) is 15.1. The molecule has 2 N–H and O–H groups in total. The van der Waals surface area contributed by atoms with Crippen LogP contribution >= 0.6 is 0 Å². The number of ether oxygens (including phenoxy) is 1. The lowest BCUT2D eigenvalue weighted by Crippen LogP contribution is -2.27. The van der Waals surface area contributed by atoms with E-state index in [1.165, 1.54) is 24.3 Å². The molecule has 0 aliphatic carbocycles. The number of benzene rings is 1. The number of rotatable bonds is 9. The first-order valence-corrected chi connectivity index (χ1v) is 8.60. The van der Waals surface area contributed by atoms with Crippen LogP contribution < -0.4 is 5.32 Å². The van der Waals surface area contributed by atoms with Gasteiger partial charge in [-0.15, -0.1) is 0 Å². The van der Waals surface area contributed by atoms with Gasteiger partial charge in [0.05, 0.1) is 18.5 Å². The SMILES string of the molecule is CCCCOCCNC(=O)c1ccc(-n2ncc(C(=O)O)c2C(F)(F)F)cc1. The van der Waals surface area contributed by atoms with Crippen LogP contribution in [0.4, 0.5) is 13.2 Å². The van der Waals surface area contributed by atoms with Gasteiger partial charge in [0.2, 0.25) is 0 Å². The van der Waals surface area contributed by atoms with E-state index in [4.69, 9.17) is 9.84 Å². The van der Waals surface area contributed by atoms with Crippen LogP contribution in [-0.2, 0) is 10.9 Å². The minimum atomic E-state index is -4.90. The number of nitrogens with zero attached hydrogens (tertiary/aromatic N) is 2. The van der Waals surface area contributed by atoms with E-state index in [0.29, 0.717) is 30.6 Å². The molecular weight excluding hydrogens is 379 g/mol. The van der Waals surface area contributed by atoms with Crippen molar-refractivity contribution < 1.29 is 32.6 Å². The van der Waals surface area contributed by atoms with Crippen molar-refractivity contribution in [1.82, 2.24) is 15.1 Å². The number of carboxylic acid groups (broad SMARTS) is 1. The van der Waals surface area contributed by atoms with Crippen LogP contribution in [-0.4, -0.2) is 46.5 Å². The van der Waals surface area contributed by atoms with Gasteiger partial charge in [0.15, 0.2) is 5.69 Å². The quantitative estimate of drug-likeness (QED) is 0.632. The molecule has 1 amide bonds. The molecule has 0 aliphatic rings. The highest BCUT2D eigenvalue weighted by Gasteiger charge is 2.40. The summed E-state index contributed by atoms with van der Waals surface area (Å²) in [5.41, 5.74) is -2.10. The lowest BCUT2D eigenvalue weighted by Gasteiger charge is -2.12. The summed E-state index contributed by atoms with van der Waals surface area (Å²) in [6, 6.07) is 5.21. The Labute approximate surface area is 159 Å². The minimum Gasteiger partial charge on any atom is -0.478 e. The molecule has 0 bridgehead atoms. The Kier molecular flexibility index (Phi) is 7.16. The number of aromatic nitrogens is 2. The molecule has 0 saturated heterocycles. The summed E-state index contributed by atoms with van der Waals surface area (Å²) in [7, 11) is 0. The van der Waals surface area contributed by atoms with E-state index in [-0.39, 0.29) is 11.3 Å². The van der Waals surface area contributed by atoms with Crippen LogP contribution in [0.15, 0.2) is 30.5 Å². The fourth-order valence-electron chi connectivity index (χ4n) is 2.41. The molecule has 0 fully saturated rings. The van der Waals surface area contributed by atoms with Crippen molar-refractivity contribution in [2.45, 2.75) is 25.9 Å². The second-order valence-corrected chi connectivity index (χ2v) is 5.89. The minimum absolute atomic E-state index is 0.0146. The zero-order chi connectivity index (χ0) is 20.7. The third-order valence-electron chi connectivity index (χ3n) is 3.82. The Balaban J connectivity index is 2.09. The van der Waals surface area contributed by atoms with Gasteiger partial charge in [-0.1, -0.05) is 13.3 Å². The van der Waals surface area contributed by atoms with Crippen LogP contribution in [0.5, 0.6) is 0 Å². The smallest absolute Gasteiger partial charge is 0.434 e. The van der Waals surface area contributed by atoms with Gasteiger partial charge in [-0.25, -0.2) is 9.48 Å². The largest absolute Gasteiger partial charge is 0.478 e. The highest BCUT2D eigenvalue weighted by atomic mass is 19.4. The Bertz CT molecular complexity index is 816. The zero-order valence-electron chi connectivity index (χ0n) is 15.1. The molecule has 0 aliphatic heterocycles. The molecule has 10 heteroatoms. The van der Waals surface area contributed by atoms with Crippen LogP contribution in [0.2, 0.25) is 0 Å². The molecule has 0 spiro atoms. The molecule has 0 radical (unpaired) electrons. The van der Waals surface area contributed by atoms with Gasteiger partial charge in [-0.3, -0.25) is 4.79 Å². The third-order valence-corrected chi connectivity index (χ3v) is 3.82. The van der Waals surface area contributed by atoms with E-state index < -0.39 is 29.3 Å². The number of carboxylic acids is 1. The second-order valence-electron chi connectivity index (χ2n) is 5.89. The summed E-state index contributed by atoms with van der Waals surface area (Å²) in [6.07, 6.45) is -2.31. The number of aromatic carboxylic acids is 1. The zero-order valence-corrected chi connectivity index (χ0v) is 15.1. The Hall–Kier alpha value is -2.88. The number of hydrogen-bond acceptors (Lipinski definition) is 4. The van der Waals surface area contributed by atoms with Crippen molar-refractivity contribution in [3.8, 4) is 5.69 Å². The fraction of sp³-hybridized carbons (Fsp3) is 0.389. The molecule has 0 saturated carbocycles. The van der Waals surface area contributed by atoms with Crippen LogP contribution in [0, 0.1) is 0 Å². The van der Waals surface area contributed by atoms with Gasteiger partial charge in [-0.2, -0.15) is 18.3 Å². The van der Waals surface area contributed by atoms with E-state index in [2.05, 4.69) is 10.4 Å². The average Bonchev–Trinajstić information content (AvgIpc) is 3.10. The molecule has 0 atom stereocenters. The van der Waals surface area contributed by atoms with Gasteiger partial charge in [-0.05, 0) is 30.7 Å². The number of nitrogens with one attached hydrogen (secondary N) is 1. The van der Waals surface area contributed by atoms with Crippen molar-refractivity contribution in [1.29, 1.82) is 0 Å². The van der Waals surface area contributed by atoms with Gasteiger partial charge in [0.1, 0.15) is 5.56 Å². The van der Waals surface area contributed by atoms with Crippen molar-refractivity contribution >= 4 is 11.9 Å². The second kappa shape index (κ2) is 9.36. The van der Waals surface area contributed by atoms with Gasteiger partial charge in [0, 0.05) is 18.7 Å². The van der Waals surface area contributed by atoms with E-state index in [0.717, 1.165) is 12.8 Å². The Morgan fingerprint density at radius 1 is 1.21 bits per heavy atom. The van der Waals surface area contributed by atoms with Crippen molar-refractivity contribution in [3.63, 3.8) is 0 Å². The molecule has 1 aromatic carbocycles. The first-order chi connectivity index (χ1) is 13.3. The lowest BCUT2D eigenvalue weighted by molar-refractivity contribution is -0.143. The molecule has 1 aromatic heterocycles. The summed E-state index contributed by atoms with van der Waals surface area (Å²) in [5.74, 6) is -2.12. The molecule has 2 rings (SSSR count). The highest BCUT2D eigenvalue weighted by Crippen LogP contribution is 2.33. The Morgan fingerprint density at radius 2 is 1.89 bits per heavy atom. The van der Waals surface area contributed by atoms with Crippen LogP contribution in [0.25, 0.3) is 5.69 Å². The highest BCUT2D eigenvalue weighted by molar-refractivity contribution is 5.94. The van der Waals surface area contributed by atoms with Crippen molar-refractivity contribution in [3.05, 3.63) is 47.3 Å². The first kappa shape index (κ1) is 21.4. The first-order valence-electron chi connectivity index (χ1n) is 8.60. The Morgan fingerprint density at radius 3 is 2.46 bits per heavy atom. The number of halogens is 3. The predicted molar refractivity (Wildman–Crippen MR) is 93.6 cm³/mol. The maximum Gasteiger partial charge on any atom is 0.434 e. The van der Waals surface area contributed by atoms with Gasteiger partial charge < -0.3 is 15.2 Å². The van der Waals surface area contributed by atoms with E-state index >= 15 is 0 Å². The molecule has 152 valence electrons. The molecule has 28 heavy (non-hydrogen) atoms. The number of carbonyl (C=O) groups is 2. The maximum absolute atomic E-state index is 13.2. The molecule has 2 aromatic rings. The maximum atomic E-state index is 13.2. The van der Waals surface area contributed by atoms with Gasteiger partial charge >= 0.3 is 12.1 Å². The third kappa shape index (κ3) is 5.32. The fourth-order valence-corrected chi connectivity index (χ4v) is 2.41. The molecule has 0 unspecified atom stereocenters. The van der Waals surface area contributed by atoms with Crippen molar-refractivity contribution in [2.24, 2.45) is 0 Å². The number of alkyl halides is 3. The summed E-state index contributed by atoms with van der Waals surface area (Å²) < 4.78 is 45.6. The van der Waals surface area contributed by atoms with Gasteiger partial charge in [0.25, 0.3) is 5.91 Å². The summed E-state index contributed by atoms with van der Waals surface area (Å²) in [4.78, 5) is 23.1. The topological polar surface area (TPSA) is 93.5 Å². The number of unbranched alkanes of at least 4 members (excludes halogenated alkanes) is 1. The predicted octanol–water partition coefficient (Wildman–Crippen LogP) is 3.14. The number of carbonyl (C=O) groups excluding carboxylic acids is 1. The lowest BCUT2D eigenvalue weighted by atomic mass is 10.2. The molecule has 7 nitrogen and oxygen atoms in total. The van der Waals surface area contributed by atoms with E-state index in [1.54, 1.807) is 0 Å². The normalized spacial score (nSPS) is 11.4. The van der Waals surface area contributed by atoms with Crippen molar-refractivity contribution in [2.75, 3.05) is 19.8 Å². The van der Waals surface area contributed by atoms with Crippen LogP contribution in [0.3, 0.4) is 0 Å². The average molecular weight is 399 g/mol. The number of amides is 1. The van der Waals surface area contributed by atoms with E-state index in [1.807, 2.05) is 6.92 Å². The number of hydrogen-bond donors (Lipinski definition) is 2.